The van der Waals surface area contributed by atoms with E-state index in [1.807, 2.05) is 12.1 Å². The first-order valence-electron chi connectivity index (χ1n) is 8.82. The number of carbonyl (C=O) groups is 2. The third-order valence-corrected chi connectivity index (χ3v) is 4.35. The van der Waals surface area contributed by atoms with Gasteiger partial charge in [0.2, 0.25) is 0 Å². The van der Waals surface area contributed by atoms with Crippen molar-refractivity contribution in [2.75, 3.05) is 14.2 Å². The van der Waals surface area contributed by atoms with Crippen LogP contribution in [0.2, 0.25) is 0 Å². The number of benzene rings is 3. The molecule has 142 valence electrons. The van der Waals surface area contributed by atoms with Crippen molar-refractivity contribution in [3.05, 3.63) is 95.1 Å². The third-order valence-electron chi connectivity index (χ3n) is 4.35. The van der Waals surface area contributed by atoms with E-state index in [0.717, 1.165) is 5.56 Å². The molecular formula is C23H21NO4. The smallest absolute Gasteiger partial charge is 0.252 e. The molecule has 0 aliphatic carbocycles. The van der Waals surface area contributed by atoms with E-state index in [-0.39, 0.29) is 11.7 Å². The van der Waals surface area contributed by atoms with Crippen LogP contribution in [0, 0.1) is 0 Å². The molecule has 1 N–H and O–H groups in total. The average Bonchev–Trinajstić information content (AvgIpc) is 2.77. The molecule has 3 rings (SSSR count). The van der Waals surface area contributed by atoms with Gasteiger partial charge >= 0.3 is 0 Å². The van der Waals surface area contributed by atoms with Crippen LogP contribution in [0.1, 0.15) is 31.8 Å². The van der Waals surface area contributed by atoms with Gasteiger partial charge in [-0.3, -0.25) is 9.59 Å². The van der Waals surface area contributed by atoms with Crippen LogP contribution in [-0.2, 0) is 6.54 Å². The SMILES string of the molecule is COc1ccc(CNC(=O)c2ccccc2C(=O)c2ccccc2)cc1OC. The van der Waals surface area contributed by atoms with Crippen molar-refractivity contribution in [1.82, 2.24) is 5.32 Å². The molecule has 0 aromatic heterocycles. The van der Waals surface area contributed by atoms with Crippen molar-refractivity contribution in [2.45, 2.75) is 6.54 Å². The van der Waals surface area contributed by atoms with Gasteiger partial charge < -0.3 is 14.8 Å². The standard InChI is InChI=1S/C23H21NO4/c1-27-20-13-12-16(14-21(20)28-2)15-24-23(26)19-11-7-6-10-18(19)22(25)17-8-4-3-5-9-17/h3-14H,15H2,1-2H3,(H,24,26). The Morgan fingerprint density at radius 3 is 2.11 bits per heavy atom. The minimum atomic E-state index is -0.310. The lowest BCUT2D eigenvalue weighted by Crippen LogP contribution is -2.25. The number of hydrogen-bond acceptors (Lipinski definition) is 4. The molecule has 0 saturated heterocycles. The lowest BCUT2D eigenvalue weighted by Gasteiger charge is -2.12. The van der Waals surface area contributed by atoms with Crippen LogP contribution >= 0.6 is 0 Å². The highest BCUT2D eigenvalue weighted by atomic mass is 16.5. The normalized spacial score (nSPS) is 10.2. The number of methoxy groups -OCH3 is 2. The van der Waals surface area contributed by atoms with Gasteiger partial charge in [0.25, 0.3) is 5.91 Å². The average molecular weight is 375 g/mol. The molecule has 0 aliphatic heterocycles. The third kappa shape index (κ3) is 4.20. The summed E-state index contributed by atoms with van der Waals surface area (Å²) in [6.45, 7) is 0.299. The Balaban J connectivity index is 1.78. The molecule has 0 fully saturated rings. The molecule has 5 nitrogen and oxygen atoms in total. The summed E-state index contributed by atoms with van der Waals surface area (Å²) in [5.41, 5.74) is 2.12. The van der Waals surface area contributed by atoms with Crippen molar-refractivity contribution >= 4 is 11.7 Å². The Bertz CT molecular complexity index is 983. The molecule has 0 atom stereocenters. The lowest BCUT2D eigenvalue weighted by molar-refractivity contribution is 0.0939. The van der Waals surface area contributed by atoms with E-state index in [2.05, 4.69) is 5.32 Å². The highest BCUT2D eigenvalue weighted by molar-refractivity contribution is 6.15. The van der Waals surface area contributed by atoms with E-state index in [1.54, 1.807) is 74.9 Å². The molecule has 0 unspecified atom stereocenters. The summed E-state index contributed by atoms with van der Waals surface area (Å²) < 4.78 is 10.5. The summed E-state index contributed by atoms with van der Waals surface area (Å²) in [5.74, 6) is 0.720. The van der Waals surface area contributed by atoms with E-state index < -0.39 is 0 Å². The van der Waals surface area contributed by atoms with Crippen LogP contribution in [-0.4, -0.2) is 25.9 Å². The van der Waals surface area contributed by atoms with Gasteiger partial charge in [-0.2, -0.15) is 0 Å². The number of amides is 1. The van der Waals surface area contributed by atoms with Gasteiger partial charge in [0.1, 0.15) is 0 Å². The molecule has 28 heavy (non-hydrogen) atoms. The number of rotatable bonds is 7. The van der Waals surface area contributed by atoms with Crippen LogP contribution in [0.5, 0.6) is 11.5 Å². The quantitative estimate of drug-likeness (QED) is 0.637. The summed E-state index contributed by atoms with van der Waals surface area (Å²) in [6.07, 6.45) is 0. The molecule has 0 saturated carbocycles. The van der Waals surface area contributed by atoms with Crippen molar-refractivity contribution in [3.8, 4) is 11.5 Å². The van der Waals surface area contributed by atoms with Crippen molar-refractivity contribution in [3.63, 3.8) is 0 Å². The van der Waals surface area contributed by atoms with E-state index in [4.69, 9.17) is 9.47 Å². The zero-order valence-electron chi connectivity index (χ0n) is 15.8. The molecule has 0 spiro atoms. The van der Waals surface area contributed by atoms with Gasteiger partial charge in [-0.15, -0.1) is 0 Å². The number of hydrogen-bond donors (Lipinski definition) is 1. The largest absolute Gasteiger partial charge is 0.493 e. The van der Waals surface area contributed by atoms with Gasteiger partial charge in [0, 0.05) is 17.7 Å². The fourth-order valence-electron chi connectivity index (χ4n) is 2.89. The van der Waals surface area contributed by atoms with Gasteiger partial charge in [-0.1, -0.05) is 54.6 Å². The van der Waals surface area contributed by atoms with Crippen LogP contribution in [0.3, 0.4) is 0 Å². The molecule has 0 heterocycles. The lowest BCUT2D eigenvalue weighted by atomic mass is 9.98. The number of ether oxygens (including phenoxy) is 2. The Kier molecular flexibility index (Phi) is 6.07. The second kappa shape index (κ2) is 8.86. The molecule has 3 aromatic carbocycles. The second-order valence-corrected chi connectivity index (χ2v) is 6.11. The Hall–Kier alpha value is -3.60. The summed E-state index contributed by atoms with van der Waals surface area (Å²) in [6, 6.07) is 21.2. The van der Waals surface area contributed by atoms with Gasteiger partial charge in [-0.05, 0) is 23.8 Å². The molecule has 0 bridgehead atoms. The maximum Gasteiger partial charge on any atom is 0.252 e. The highest BCUT2D eigenvalue weighted by Crippen LogP contribution is 2.27. The van der Waals surface area contributed by atoms with Crippen molar-refractivity contribution in [1.29, 1.82) is 0 Å². The van der Waals surface area contributed by atoms with Gasteiger partial charge in [0.05, 0.1) is 19.8 Å². The highest BCUT2D eigenvalue weighted by Gasteiger charge is 2.17. The summed E-state index contributed by atoms with van der Waals surface area (Å²) in [5, 5.41) is 2.86. The van der Waals surface area contributed by atoms with Crippen LogP contribution < -0.4 is 14.8 Å². The zero-order valence-corrected chi connectivity index (χ0v) is 15.8. The van der Waals surface area contributed by atoms with E-state index >= 15 is 0 Å². The first-order chi connectivity index (χ1) is 13.6. The maximum absolute atomic E-state index is 12.8. The first-order valence-corrected chi connectivity index (χ1v) is 8.82. The Morgan fingerprint density at radius 2 is 1.43 bits per heavy atom. The minimum absolute atomic E-state index is 0.183. The fourth-order valence-corrected chi connectivity index (χ4v) is 2.89. The Labute approximate surface area is 163 Å². The number of nitrogens with one attached hydrogen (secondary N) is 1. The summed E-state index contributed by atoms with van der Waals surface area (Å²) in [4.78, 5) is 25.5. The summed E-state index contributed by atoms with van der Waals surface area (Å²) in [7, 11) is 3.13. The van der Waals surface area contributed by atoms with E-state index in [1.165, 1.54) is 0 Å². The topological polar surface area (TPSA) is 64.6 Å². The van der Waals surface area contributed by atoms with Crippen molar-refractivity contribution < 1.29 is 19.1 Å². The minimum Gasteiger partial charge on any atom is -0.493 e. The predicted octanol–water partition coefficient (Wildman–Crippen LogP) is 3.86. The molecule has 5 heteroatoms. The molecule has 0 radical (unpaired) electrons. The predicted molar refractivity (Wildman–Crippen MR) is 107 cm³/mol. The van der Waals surface area contributed by atoms with Crippen LogP contribution in [0.25, 0.3) is 0 Å². The van der Waals surface area contributed by atoms with E-state index in [9.17, 15) is 9.59 Å². The molecule has 1 amide bonds. The van der Waals surface area contributed by atoms with E-state index in [0.29, 0.717) is 34.7 Å². The first kappa shape index (κ1) is 19.2. The van der Waals surface area contributed by atoms with Gasteiger partial charge in [-0.25, -0.2) is 0 Å². The number of ketones is 1. The van der Waals surface area contributed by atoms with Crippen LogP contribution in [0.15, 0.2) is 72.8 Å². The van der Waals surface area contributed by atoms with Crippen LogP contribution in [0.4, 0.5) is 0 Å². The molecular weight excluding hydrogens is 354 g/mol. The second-order valence-electron chi connectivity index (χ2n) is 6.11. The fraction of sp³-hybridized carbons (Fsp3) is 0.130. The number of carbonyl (C=O) groups excluding carboxylic acids is 2. The monoisotopic (exact) mass is 375 g/mol. The molecule has 3 aromatic rings. The maximum atomic E-state index is 12.8. The molecule has 0 aliphatic rings. The van der Waals surface area contributed by atoms with Crippen molar-refractivity contribution in [2.24, 2.45) is 0 Å². The zero-order chi connectivity index (χ0) is 19.9. The Morgan fingerprint density at radius 1 is 0.786 bits per heavy atom. The summed E-state index contributed by atoms with van der Waals surface area (Å²) >= 11 is 0. The van der Waals surface area contributed by atoms with Gasteiger partial charge in [0.15, 0.2) is 17.3 Å².